The minimum atomic E-state index is 0. The van der Waals surface area contributed by atoms with Gasteiger partial charge in [-0.3, -0.25) is 4.99 Å². The number of rotatable bonds is 4. The lowest BCUT2D eigenvalue weighted by Gasteiger charge is -2.26. The maximum Gasteiger partial charge on any atom is 0.191 e. The summed E-state index contributed by atoms with van der Waals surface area (Å²) in [7, 11) is 1.83. The number of halogens is 1. The van der Waals surface area contributed by atoms with Crippen LogP contribution in [0.25, 0.3) is 0 Å². The van der Waals surface area contributed by atoms with Crippen LogP contribution in [0.15, 0.2) is 29.3 Å². The second-order valence-electron chi connectivity index (χ2n) is 6.34. The number of aryl methyl sites for hydroxylation is 3. The molecule has 0 amide bonds. The van der Waals surface area contributed by atoms with Crippen LogP contribution in [0.5, 0.6) is 0 Å². The van der Waals surface area contributed by atoms with Crippen LogP contribution in [0.3, 0.4) is 0 Å². The molecule has 0 saturated carbocycles. The van der Waals surface area contributed by atoms with E-state index in [-0.39, 0.29) is 24.0 Å². The van der Waals surface area contributed by atoms with Gasteiger partial charge in [-0.2, -0.15) is 0 Å². The lowest BCUT2D eigenvalue weighted by atomic mass is 9.83. The topological polar surface area (TPSA) is 49.3 Å². The Bertz CT molecular complexity index is 726. The number of nitrogens with zero attached hydrogens (tertiary/aromatic N) is 2. The zero-order valence-electron chi connectivity index (χ0n) is 15.1. The van der Waals surface area contributed by atoms with E-state index in [2.05, 4.69) is 58.7 Å². The molecule has 25 heavy (non-hydrogen) atoms. The Hall–Kier alpha value is -1.15. The van der Waals surface area contributed by atoms with Gasteiger partial charge in [0.1, 0.15) is 0 Å². The minimum Gasteiger partial charge on any atom is -0.356 e. The molecule has 0 saturated heterocycles. The molecular formula is C19H27IN4S. The van der Waals surface area contributed by atoms with E-state index in [1.165, 1.54) is 35.3 Å². The number of benzene rings is 1. The molecule has 1 aliphatic rings. The molecular weight excluding hydrogens is 443 g/mol. The summed E-state index contributed by atoms with van der Waals surface area (Å²) in [5.74, 6) is 1.43. The molecule has 2 N–H and O–H groups in total. The van der Waals surface area contributed by atoms with Gasteiger partial charge < -0.3 is 10.6 Å². The van der Waals surface area contributed by atoms with E-state index >= 15 is 0 Å². The summed E-state index contributed by atoms with van der Waals surface area (Å²) in [5.41, 5.74) is 4.12. The number of thiazole rings is 1. The predicted octanol–water partition coefficient (Wildman–Crippen LogP) is 4.16. The van der Waals surface area contributed by atoms with E-state index in [4.69, 9.17) is 0 Å². The number of hydrogen-bond acceptors (Lipinski definition) is 3. The van der Waals surface area contributed by atoms with Crippen LogP contribution in [-0.4, -0.2) is 24.5 Å². The number of hydrogen-bond donors (Lipinski definition) is 2. The van der Waals surface area contributed by atoms with Crippen LogP contribution in [0.1, 0.15) is 45.5 Å². The lowest BCUT2D eigenvalue weighted by molar-refractivity contribution is 0.539. The molecule has 3 rings (SSSR count). The smallest absolute Gasteiger partial charge is 0.191 e. The second kappa shape index (κ2) is 9.52. The summed E-state index contributed by atoms with van der Waals surface area (Å²) in [4.78, 5) is 10.1. The highest BCUT2D eigenvalue weighted by molar-refractivity contribution is 14.0. The molecule has 1 heterocycles. The summed E-state index contributed by atoms with van der Waals surface area (Å²) >= 11 is 1.75. The summed E-state index contributed by atoms with van der Waals surface area (Å²) in [6.07, 6.45) is 3.73. The van der Waals surface area contributed by atoms with Crippen LogP contribution in [0.4, 0.5) is 0 Å². The molecule has 0 bridgehead atoms. The molecule has 1 aliphatic carbocycles. The monoisotopic (exact) mass is 470 g/mol. The Morgan fingerprint density at radius 1 is 1.28 bits per heavy atom. The van der Waals surface area contributed by atoms with Crippen molar-refractivity contribution in [1.82, 2.24) is 15.6 Å². The Balaban J connectivity index is 0.00000225. The Labute approximate surface area is 171 Å². The highest BCUT2D eigenvalue weighted by Gasteiger charge is 2.19. The van der Waals surface area contributed by atoms with Crippen LogP contribution < -0.4 is 10.6 Å². The number of aromatic nitrogens is 1. The minimum absolute atomic E-state index is 0. The molecule has 6 heteroatoms. The number of nitrogens with one attached hydrogen (secondary N) is 2. The first-order valence-electron chi connectivity index (χ1n) is 8.62. The fraction of sp³-hybridized carbons (Fsp3) is 0.474. The SMILES string of the molecule is CN=C(NCc1sc(C)nc1C)NCC1CCCc2ccccc21.I. The van der Waals surface area contributed by atoms with Crippen molar-refractivity contribution in [3.63, 3.8) is 0 Å². The molecule has 4 nitrogen and oxygen atoms in total. The predicted molar refractivity (Wildman–Crippen MR) is 117 cm³/mol. The van der Waals surface area contributed by atoms with Crippen LogP contribution in [0, 0.1) is 13.8 Å². The lowest BCUT2D eigenvalue weighted by Crippen LogP contribution is -2.39. The highest BCUT2D eigenvalue weighted by Crippen LogP contribution is 2.30. The van der Waals surface area contributed by atoms with Gasteiger partial charge in [0.25, 0.3) is 0 Å². The summed E-state index contributed by atoms with van der Waals surface area (Å²) in [6, 6.07) is 8.84. The maximum atomic E-state index is 4.48. The van der Waals surface area contributed by atoms with Crippen molar-refractivity contribution in [2.75, 3.05) is 13.6 Å². The molecule has 2 aromatic rings. The summed E-state index contributed by atoms with van der Waals surface area (Å²) < 4.78 is 0. The molecule has 0 spiro atoms. The summed E-state index contributed by atoms with van der Waals surface area (Å²) in [5, 5.41) is 8.03. The van der Waals surface area contributed by atoms with E-state index in [1.807, 2.05) is 7.05 Å². The van der Waals surface area contributed by atoms with Crippen LogP contribution in [-0.2, 0) is 13.0 Å². The van der Waals surface area contributed by atoms with E-state index in [0.29, 0.717) is 5.92 Å². The van der Waals surface area contributed by atoms with Gasteiger partial charge in [-0.15, -0.1) is 35.3 Å². The molecule has 0 aliphatic heterocycles. The molecule has 1 aromatic carbocycles. The van der Waals surface area contributed by atoms with Crippen molar-refractivity contribution < 1.29 is 0 Å². The number of guanidine groups is 1. The zero-order valence-corrected chi connectivity index (χ0v) is 18.3. The van der Waals surface area contributed by atoms with Crippen molar-refractivity contribution in [3.05, 3.63) is 51.0 Å². The number of aliphatic imine (C=N–C) groups is 1. The summed E-state index contributed by atoms with van der Waals surface area (Å²) in [6.45, 7) is 5.82. The van der Waals surface area contributed by atoms with Gasteiger partial charge in [-0.1, -0.05) is 24.3 Å². The Morgan fingerprint density at radius 3 is 2.80 bits per heavy atom. The largest absolute Gasteiger partial charge is 0.356 e. The van der Waals surface area contributed by atoms with Gasteiger partial charge in [-0.25, -0.2) is 4.98 Å². The average molecular weight is 470 g/mol. The average Bonchev–Trinajstić information content (AvgIpc) is 2.92. The normalized spacial score (nSPS) is 16.8. The fourth-order valence-electron chi connectivity index (χ4n) is 3.41. The van der Waals surface area contributed by atoms with Gasteiger partial charge in [0, 0.05) is 24.4 Å². The highest BCUT2D eigenvalue weighted by atomic mass is 127. The van der Waals surface area contributed by atoms with Crippen molar-refractivity contribution in [2.24, 2.45) is 4.99 Å². The zero-order chi connectivity index (χ0) is 16.9. The molecule has 1 unspecified atom stereocenters. The van der Waals surface area contributed by atoms with Gasteiger partial charge in [0.2, 0.25) is 0 Å². The third-order valence-corrected chi connectivity index (χ3v) is 5.72. The molecule has 1 atom stereocenters. The van der Waals surface area contributed by atoms with Gasteiger partial charge in [0.05, 0.1) is 17.2 Å². The van der Waals surface area contributed by atoms with E-state index in [0.717, 1.165) is 29.8 Å². The molecule has 0 fully saturated rings. The first-order valence-corrected chi connectivity index (χ1v) is 9.44. The Kier molecular flexibility index (Phi) is 7.68. The Morgan fingerprint density at radius 2 is 2.08 bits per heavy atom. The van der Waals surface area contributed by atoms with E-state index in [9.17, 15) is 0 Å². The third kappa shape index (κ3) is 5.17. The number of fused-ring (bicyclic) bond motifs is 1. The van der Waals surface area contributed by atoms with E-state index in [1.54, 1.807) is 11.3 Å². The second-order valence-corrected chi connectivity index (χ2v) is 7.62. The molecule has 136 valence electrons. The van der Waals surface area contributed by atoms with Crippen LogP contribution >= 0.6 is 35.3 Å². The van der Waals surface area contributed by atoms with Crippen molar-refractivity contribution in [2.45, 2.75) is 45.6 Å². The van der Waals surface area contributed by atoms with Crippen molar-refractivity contribution in [3.8, 4) is 0 Å². The maximum absolute atomic E-state index is 4.48. The molecule has 1 aromatic heterocycles. The quantitative estimate of drug-likeness (QED) is 0.401. The van der Waals surface area contributed by atoms with Crippen molar-refractivity contribution >= 4 is 41.3 Å². The first-order chi connectivity index (χ1) is 11.7. The third-order valence-electron chi connectivity index (χ3n) is 4.65. The first kappa shape index (κ1) is 20.2. The van der Waals surface area contributed by atoms with Crippen molar-refractivity contribution in [1.29, 1.82) is 0 Å². The van der Waals surface area contributed by atoms with Gasteiger partial charge in [0.15, 0.2) is 5.96 Å². The standard InChI is InChI=1S/C19H26N4S.HI/c1-13-18(24-14(2)23-13)12-22-19(20-3)21-11-16-9-6-8-15-7-4-5-10-17(15)16;/h4-5,7,10,16H,6,8-9,11-12H2,1-3H3,(H2,20,21,22);1H. The van der Waals surface area contributed by atoms with Gasteiger partial charge >= 0.3 is 0 Å². The fourth-order valence-corrected chi connectivity index (χ4v) is 4.29. The van der Waals surface area contributed by atoms with Gasteiger partial charge in [-0.05, 0) is 44.2 Å². The van der Waals surface area contributed by atoms with Crippen LogP contribution in [0.2, 0.25) is 0 Å². The molecule has 0 radical (unpaired) electrons. The van der Waals surface area contributed by atoms with E-state index < -0.39 is 0 Å².